The zero-order valence-electron chi connectivity index (χ0n) is 12.2. The predicted molar refractivity (Wildman–Crippen MR) is 77.7 cm³/mol. The van der Waals surface area contributed by atoms with Crippen molar-refractivity contribution in [3.05, 3.63) is 23.3 Å². The Morgan fingerprint density at radius 3 is 2.21 bits per heavy atom. The first-order valence-corrected chi connectivity index (χ1v) is 7.07. The summed E-state index contributed by atoms with van der Waals surface area (Å²) < 4.78 is 0. The van der Waals surface area contributed by atoms with E-state index in [-0.39, 0.29) is 22.3 Å². The maximum absolute atomic E-state index is 10.2. The minimum atomic E-state index is -0.164. The Balaban J connectivity index is 2.59. The first kappa shape index (κ1) is 14.2. The van der Waals surface area contributed by atoms with Crippen LogP contribution in [0.3, 0.4) is 0 Å². The van der Waals surface area contributed by atoms with Crippen molar-refractivity contribution in [1.82, 2.24) is 0 Å². The van der Waals surface area contributed by atoms with Gasteiger partial charge in [0.1, 0.15) is 0 Å². The SMILES string of the molecule is CC(C)(C)c1cc(O)c(O)c(C2(CN)CCCC2)c1. The lowest BCUT2D eigenvalue weighted by atomic mass is 9.75. The quantitative estimate of drug-likeness (QED) is 0.718. The van der Waals surface area contributed by atoms with Gasteiger partial charge < -0.3 is 15.9 Å². The number of phenolic OH excluding ortho intramolecular Hbond substituents is 2. The Morgan fingerprint density at radius 2 is 1.74 bits per heavy atom. The highest BCUT2D eigenvalue weighted by atomic mass is 16.3. The van der Waals surface area contributed by atoms with Gasteiger partial charge in [-0.25, -0.2) is 0 Å². The average Bonchev–Trinajstić information content (AvgIpc) is 2.80. The van der Waals surface area contributed by atoms with Gasteiger partial charge in [0.15, 0.2) is 11.5 Å². The molecular weight excluding hydrogens is 238 g/mol. The van der Waals surface area contributed by atoms with E-state index < -0.39 is 0 Å². The van der Waals surface area contributed by atoms with Gasteiger partial charge in [-0.2, -0.15) is 0 Å². The van der Waals surface area contributed by atoms with Crippen molar-refractivity contribution in [3.63, 3.8) is 0 Å². The summed E-state index contributed by atoms with van der Waals surface area (Å²) >= 11 is 0. The van der Waals surface area contributed by atoms with E-state index in [0.717, 1.165) is 36.8 Å². The van der Waals surface area contributed by atoms with Gasteiger partial charge in [-0.3, -0.25) is 0 Å². The summed E-state index contributed by atoms with van der Waals surface area (Å²) in [5, 5.41) is 20.3. The average molecular weight is 263 g/mol. The van der Waals surface area contributed by atoms with Crippen LogP contribution in [0.2, 0.25) is 0 Å². The fourth-order valence-corrected chi connectivity index (χ4v) is 3.09. The lowest BCUT2D eigenvalue weighted by Crippen LogP contribution is -2.32. The smallest absolute Gasteiger partial charge is 0.161 e. The summed E-state index contributed by atoms with van der Waals surface area (Å²) in [6.45, 7) is 6.83. The normalized spacial score (nSPS) is 18.7. The summed E-state index contributed by atoms with van der Waals surface area (Å²) in [6, 6.07) is 3.70. The van der Waals surface area contributed by atoms with Gasteiger partial charge >= 0.3 is 0 Å². The zero-order valence-corrected chi connectivity index (χ0v) is 12.2. The summed E-state index contributed by atoms with van der Waals surface area (Å²) in [7, 11) is 0. The van der Waals surface area contributed by atoms with Crippen molar-refractivity contribution in [2.24, 2.45) is 5.73 Å². The van der Waals surface area contributed by atoms with E-state index in [9.17, 15) is 10.2 Å². The van der Waals surface area contributed by atoms with E-state index in [1.54, 1.807) is 6.07 Å². The molecule has 0 bridgehead atoms. The van der Waals surface area contributed by atoms with E-state index in [1.165, 1.54) is 0 Å². The van der Waals surface area contributed by atoms with E-state index >= 15 is 0 Å². The third-order valence-corrected chi connectivity index (χ3v) is 4.48. The first-order valence-electron chi connectivity index (χ1n) is 7.07. The van der Waals surface area contributed by atoms with Crippen molar-refractivity contribution < 1.29 is 10.2 Å². The molecule has 19 heavy (non-hydrogen) atoms. The highest BCUT2D eigenvalue weighted by Crippen LogP contribution is 2.47. The molecule has 106 valence electrons. The van der Waals surface area contributed by atoms with E-state index in [1.807, 2.05) is 6.07 Å². The van der Waals surface area contributed by atoms with Crippen molar-refractivity contribution in [2.75, 3.05) is 6.54 Å². The van der Waals surface area contributed by atoms with Crippen LogP contribution >= 0.6 is 0 Å². The molecule has 1 aliphatic carbocycles. The Bertz CT molecular complexity index is 468. The molecule has 3 heteroatoms. The highest BCUT2D eigenvalue weighted by molar-refractivity contribution is 5.53. The van der Waals surface area contributed by atoms with Crippen LogP contribution in [-0.4, -0.2) is 16.8 Å². The van der Waals surface area contributed by atoms with Crippen molar-refractivity contribution in [3.8, 4) is 11.5 Å². The van der Waals surface area contributed by atoms with Gasteiger partial charge in [0.25, 0.3) is 0 Å². The van der Waals surface area contributed by atoms with Crippen LogP contribution in [0.5, 0.6) is 11.5 Å². The molecule has 0 saturated heterocycles. The number of rotatable bonds is 2. The van der Waals surface area contributed by atoms with Crippen LogP contribution in [0.4, 0.5) is 0 Å². The lowest BCUT2D eigenvalue weighted by molar-refractivity contribution is 0.369. The standard InChI is InChI=1S/C16H25NO2/c1-15(2,3)11-8-12(14(19)13(18)9-11)16(10-17)6-4-5-7-16/h8-9,18-19H,4-7,10,17H2,1-3H3. The number of phenols is 2. The zero-order chi connectivity index (χ0) is 14.3. The van der Waals surface area contributed by atoms with Crippen LogP contribution in [-0.2, 0) is 10.8 Å². The Hall–Kier alpha value is -1.22. The molecular formula is C16H25NO2. The van der Waals surface area contributed by atoms with Crippen molar-refractivity contribution in [2.45, 2.75) is 57.3 Å². The van der Waals surface area contributed by atoms with Gasteiger partial charge in [0.05, 0.1) is 0 Å². The maximum Gasteiger partial charge on any atom is 0.161 e. The highest BCUT2D eigenvalue weighted by Gasteiger charge is 2.37. The minimum absolute atomic E-state index is 0.0142. The molecule has 2 rings (SSSR count). The van der Waals surface area contributed by atoms with Crippen LogP contribution in [0.1, 0.15) is 57.6 Å². The molecule has 0 atom stereocenters. The number of hydrogen-bond acceptors (Lipinski definition) is 3. The molecule has 3 nitrogen and oxygen atoms in total. The second-order valence-electron chi connectivity index (χ2n) is 6.83. The molecule has 0 aliphatic heterocycles. The topological polar surface area (TPSA) is 66.5 Å². The van der Waals surface area contributed by atoms with Crippen LogP contribution in [0.25, 0.3) is 0 Å². The van der Waals surface area contributed by atoms with Gasteiger partial charge in [0, 0.05) is 17.5 Å². The van der Waals surface area contributed by atoms with Gasteiger partial charge in [-0.15, -0.1) is 0 Å². The molecule has 1 aromatic carbocycles. The van der Waals surface area contributed by atoms with Crippen LogP contribution < -0.4 is 5.73 Å². The molecule has 0 radical (unpaired) electrons. The first-order chi connectivity index (χ1) is 8.80. The van der Waals surface area contributed by atoms with E-state index in [0.29, 0.717) is 6.54 Å². The van der Waals surface area contributed by atoms with Crippen LogP contribution in [0, 0.1) is 0 Å². The second-order valence-corrected chi connectivity index (χ2v) is 6.83. The van der Waals surface area contributed by atoms with Crippen molar-refractivity contribution >= 4 is 0 Å². The van der Waals surface area contributed by atoms with Crippen molar-refractivity contribution in [1.29, 1.82) is 0 Å². The fraction of sp³-hybridized carbons (Fsp3) is 0.625. The molecule has 1 saturated carbocycles. The largest absolute Gasteiger partial charge is 0.504 e. The van der Waals surface area contributed by atoms with E-state index in [2.05, 4.69) is 20.8 Å². The van der Waals surface area contributed by atoms with Crippen LogP contribution in [0.15, 0.2) is 12.1 Å². The van der Waals surface area contributed by atoms with Gasteiger partial charge in [-0.1, -0.05) is 39.7 Å². The maximum atomic E-state index is 10.2. The lowest BCUT2D eigenvalue weighted by Gasteiger charge is -2.31. The number of hydrogen-bond donors (Lipinski definition) is 3. The third kappa shape index (κ3) is 2.44. The molecule has 1 aliphatic rings. The monoisotopic (exact) mass is 263 g/mol. The van der Waals surface area contributed by atoms with Gasteiger partial charge in [0.2, 0.25) is 0 Å². The Kier molecular flexibility index (Phi) is 3.52. The molecule has 1 fully saturated rings. The van der Waals surface area contributed by atoms with E-state index in [4.69, 9.17) is 5.73 Å². The molecule has 0 heterocycles. The number of aromatic hydroxyl groups is 2. The molecule has 0 spiro atoms. The molecule has 1 aromatic rings. The number of nitrogens with two attached hydrogens (primary N) is 1. The second kappa shape index (κ2) is 4.71. The summed E-state index contributed by atoms with van der Waals surface area (Å²) in [6.07, 6.45) is 4.25. The molecule has 0 amide bonds. The summed E-state index contributed by atoms with van der Waals surface area (Å²) in [5.41, 5.74) is 7.63. The minimum Gasteiger partial charge on any atom is -0.504 e. The molecule has 4 N–H and O–H groups in total. The fourth-order valence-electron chi connectivity index (χ4n) is 3.09. The predicted octanol–water partition coefficient (Wildman–Crippen LogP) is 3.17. The summed E-state index contributed by atoms with van der Waals surface area (Å²) in [5.74, 6) is -0.0116. The van der Waals surface area contributed by atoms with Gasteiger partial charge in [-0.05, 0) is 29.9 Å². The number of benzene rings is 1. The Morgan fingerprint density at radius 1 is 1.16 bits per heavy atom. The molecule has 0 unspecified atom stereocenters. The molecule has 0 aromatic heterocycles. The summed E-state index contributed by atoms with van der Waals surface area (Å²) in [4.78, 5) is 0. The Labute approximate surface area is 115 Å². The third-order valence-electron chi connectivity index (χ3n) is 4.48.